The minimum atomic E-state index is -0.420. The molecule has 0 aromatic heterocycles. The molecule has 1 aliphatic rings. The number of ketones is 1. The van der Waals surface area contributed by atoms with Crippen LogP contribution in [-0.4, -0.2) is 35.9 Å². The molecule has 1 fully saturated rings. The minimum Gasteiger partial charge on any atom is -0.392 e. The zero-order chi connectivity index (χ0) is 13.4. The maximum atomic E-state index is 10.8. The first-order chi connectivity index (χ1) is 8.63. The molecule has 1 aromatic carbocycles. The molecule has 2 N–H and O–H groups in total. The summed E-state index contributed by atoms with van der Waals surface area (Å²) in [6.45, 7) is 2.49. The number of carbonyl (C=O) groups excluding carboxylic acids is 2. The van der Waals surface area contributed by atoms with E-state index in [0.29, 0.717) is 25.7 Å². The standard InChI is InChI=1S/C7H11NO3.C7H8/c9-4-7(11)6-2-1-5(10)3-8-6;1-7-5-3-2-4-6-7/h4-6,8,10H,1-3H2;2-6H,1H3. The van der Waals surface area contributed by atoms with Crippen LogP contribution in [-0.2, 0) is 9.59 Å². The van der Waals surface area contributed by atoms with Gasteiger partial charge in [-0.1, -0.05) is 35.9 Å². The van der Waals surface area contributed by atoms with Crippen molar-refractivity contribution in [2.24, 2.45) is 0 Å². The van der Waals surface area contributed by atoms with Crippen molar-refractivity contribution in [3.63, 3.8) is 0 Å². The van der Waals surface area contributed by atoms with Gasteiger partial charge in [0.25, 0.3) is 0 Å². The molecule has 1 aliphatic heterocycles. The topological polar surface area (TPSA) is 66.4 Å². The Balaban J connectivity index is 0.000000199. The molecule has 98 valence electrons. The Morgan fingerprint density at radius 2 is 2.00 bits per heavy atom. The van der Waals surface area contributed by atoms with Gasteiger partial charge in [-0.05, 0) is 19.8 Å². The van der Waals surface area contributed by atoms with E-state index in [9.17, 15) is 9.59 Å². The van der Waals surface area contributed by atoms with Crippen molar-refractivity contribution in [2.75, 3.05) is 6.54 Å². The highest BCUT2D eigenvalue weighted by Gasteiger charge is 2.23. The molecule has 0 aliphatic carbocycles. The largest absolute Gasteiger partial charge is 0.392 e. The molecule has 2 unspecified atom stereocenters. The normalized spacial score (nSPS) is 22.6. The van der Waals surface area contributed by atoms with Gasteiger partial charge >= 0.3 is 0 Å². The molecule has 4 nitrogen and oxygen atoms in total. The second kappa shape index (κ2) is 7.74. The molecular weight excluding hydrogens is 230 g/mol. The first-order valence-electron chi connectivity index (χ1n) is 6.05. The molecule has 0 bridgehead atoms. The molecular formula is C14H19NO3. The van der Waals surface area contributed by atoms with E-state index < -0.39 is 5.78 Å². The molecule has 4 heteroatoms. The molecule has 1 aromatic rings. The van der Waals surface area contributed by atoms with E-state index in [1.165, 1.54) is 5.56 Å². The number of rotatable bonds is 2. The second-order valence-electron chi connectivity index (χ2n) is 4.37. The van der Waals surface area contributed by atoms with Crippen LogP contribution in [0.4, 0.5) is 0 Å². The number of aryl methyl sites for hydroxylation is 1. The van der Waals surface area contributed by atoms with Crippen LogP contribution < -0.4 is 5.32 Å². The summed E-state index contributed by atoms with van der Waals surface area (Å²) in [6, 6.07) is 9.90. The van der Waals surface area contributed by atoms with Crippen LogP contribution in [0.3, 0.4) is 0 Å². The Hall–Kier alpha value is -1.52. The summed E-state index contributed by atoms with van der Waals surface area (Å²) in [5.41, 5.74) is 1.32. The lowest BCUT2D eigenvalue weighted by atomic mass is 10.0. The van der Waals surface area contributed by atoms with E-state index >= 15 is 0 Å². The van der Waals surface area contributed by atoms with E-state index in [4.69, 9.17) is 5.11 Å². The van der Waals surface area contributed by atoms with Gasteiger partial charge in [-0.15, -0.1) is 0 Å². The number of hydrogen-bond acceptors (Lipinski definition) is 4. The van der Waals surface area contributed by atoms with Crippen LogP contribution in [0.1, 0.15) is 18.4 Å². The Morgan fingerprint density at radius 3 is 2.39 bits per heavy atom. The summed E-state index contributed by atoms with van der Waals surface area (Å²) in [5, 5.41) is 11.8. The average molecular weight is 249 g/mol. The fourth-order valence-electron chi connectivity index (χ4n) is 1.70. The van der Waals surface area contributed by atoms with Gasteiger partial charge in [0.15, 0.2) is 6.29 Å². The average Bonchev–Trinajstić information content (AvgIpc) is 2.40. The number of nitrogens with one attached hydrogen (secondary N) is 1. The Labute approximate surface area is 107 Å². The van der Waals surface area contributed by atoms with Gasteiger partial charge in [0, 0.05) is 6.54 Å². The second-order valence-corrected chi connectivity index (χ2v) is 4.37. The molecule has 1 heterocycles. The van der Waals surface area contributed by atoms with Crippen molar-refractivity contribution in [3.8, 4) is 0 Å². The van der Waals surface area contributed by atoms with Crippen molar-refractivity contribution in [2.45, 2.75) is 31.9 Å². The third-order valence-corrected chi connectivity index (χ3v) is 2.79. The highest BCUT2D eigenvalue weighted by Crippen LogP contribution is 2.07. The molecule has 2 rings (SSSR count). The lowest BCUT2D eigenvalue weighted by Gasteiger charge is -2.24. The lowest BCUT2D eigenvalue weighted by molar-refractivity contribution is -0.131. The number of benzene rings is 1. The summed E-state index contributed by atoms with van der Waals surface area (Å²) in [5.74, 6) is -0.420. The smallest absolute Gasteiger partial charge is 0.212 e. The van der Waals surface area contributed by atoms with Crippen molar-refractivity contribution >= 4 is 12.1 Å². The number of aliphatic hydroxyl groups excluding tert-OH is 1. The molecule has 1 saturated heterocycles. The van der Waals surface area contributed by atoms with Gasteiger partial charge in [-0.3, -0.25) is 9.59 Å². The number of piperidine rings is 1. The van der Waals surface area contributed by atoms with Gasteiger partial charge in [-0.2, -0.15) is 0 Å². The number of aliphatic hydroxyl groups is 1. The summed E-state index contributed by atoms with van der Waals surface area (Å²) in [4.78, 5) is 20.8. The number of Topliss-reactive ketones (excluding diaryl/α,β-unsaturated/α-hetero) is 1. The molecule has 0 radical (unpaired) electrons. The first-order valence-corrected chi connectivity index (χ1v) is 6.05. The first kappa shape index (κ1) is 14.5. The van der Waals surface area contributed by atoms with E-state index in [-0.39, 0.29) is 12.1 Å². The quantitative estimate of drug-likeness (QED) is 0.602. The van der Waals surface area contributed by atoms with E-state index in [1.54, 1.807) is 0 Å². The number of β-amino-alcohol motifs (C(OH)–C–C–N with tert-alkyl or cyclic N) is 1. The van der Waals surface area contributed by atoms with E-state index in [2.05, 4.69) is 24.4 Å². The summed E-state index contributed by atoms with van der Waals surface area (Å²) < 4.78 is 0. The van der Waals surface area contributed by atoms with Crippen molar-refractivity contribution in [3.05, 3.63) is 35.9 Å². The van der Waals surface area contributed by atoms with Crippen LogP contribution in [0, 0.1) is 6.92 Å². The summed E-state index contributed by atoms with van der Waals surface area (Å²) >= 11 is 0. The van der Waals surface area contributed by atoms with Gasteiger partial charge < -0.3 is 10.4 Å². The van der Waals surface area contributed by atoms with Crippen molar-refractivity contribution in [1.82, 2.24) is 5.32 Å². The van der Waals surface area contributed by atoms with E-state index in [0.717, 1.165) is 0 Å². The van der Waals surface area contributed by atoms with Gasteiger partial charge in [0.2, 0.25) is 5.78 Å². The molecule has 18 heavy (non-hydrogen) atoms. The Kier molecular flexibility index (Phi) is 6.25. The van der Waals surface area contributed by atoms with E-state index in [1.807, 2.05) is 18.2 Å². The van der Waals surface area contributed by atoms with Crippen LogP contribution in [0.5, 0.6) is 0 Å². The van der Waals surface area contributed by atoms with Gasteiger partial charge in [0.05, 0.1) is 12.1 Å². The zero-order valence-corrected chi connectivity index (χ0v) is 10.5. The number of carbonyl (C=O) groups is 2. The Bertz CT molecular complexity index is 370. The third-order valence-electron chi connectivity index (χ3n) is 2.79. The number of aldehydes is 1. The van der Waals surface area contributed by atoms with Crippen LogP contribution >= 0.6 is 0 Å². The fourth-order valence-corrected chi connectivity index (χ4v) is 1.70. The molecule has 0 saturated carbocycles. The zero-order valence-electron chi connectivity index (χ0n) is 10.5. The van der Waals surface area contributed by atoms with Crippen molar-refractivity contribution in [1.29, 1.82) is 0 Å². The van der Waals surface area contributed by atoms with Crippen LogP contribution in [0.15, 0.2) is 30.3 Å². The van der Waals surface area contributed by atoms with Crippen molar-refractivity contribution < 1.29 is 14.7 Å². The van der Waals surface area contributed by atoms with Gasteiger partial charge in [0.1, 0.15) is 0 Å². The fraction of sp³-hybridized carbons (Fsp3) is 0.429. The summed E-state index contributed by atoms with van der Waals surface area (Å²) in [7, 11) is 0. The highest BCUT2D eigenvalue weighted by atomic mass is 16.3. The Morgan fingerprint density at radius 1 is 1.33 bits per heavy atom. The highest BCUT2D eigenvalue weighted by molar-refractivity contribution is 6.27. The van der Waals surface area contributed by atoms with Gasteiger partial charge in [-0.25, -0.2) is 0 Å². The number of hydrogen-bond donors (Lipinski definition) is 2. The SMILES string of the molecule is Cc1ccccc1.O=CC(=O)C1CCC(O)CN1. The monoisotopic (exact) mass is 249 g/mol. The molecule has 0 amide bonds. The predicted octanol–water partition coefficient (Wildman–Crippen LogP) is 0.862. The predicted molar refractivity (Wildman–Crippen MR) is 69.3 cm³/mol. The van der Waals surface area contributed by atoms with Crippen LogP contribution in [0.2, 0.25) is 0 Å². The molecule has 0 spiro atoms. The summed E-state index contributed by atoms with van der Waals surface area (Å²) in [6.07, 6.45) is 1.11. The molecule has 2 atom stereocenters. The minimum absolute atomic E-state index is 0.329. The third kappa shape index (κ3) is 5.21. The maximum Gasteiger partial charge on any atom is 0.212 e. The maximum absolute atomic E-state index is 10.8. The lowest BCUT2D eigenvalue weighted by Crippen LogP contribution is -2.46. The van der Waals surface area contributed by atoms with Crippen LogP contribution in [0.25, 0.3) is 0 Å².